The van der Waals surface area contributed by atoms with E-state index in [2.05, 4.69) is 24.5 Å². The normalized spacial score (nSPS) is 19.8. The number of hydrogen-bond donors (Lipinski definition) is 2. The quantitative estimate of drug-likeness (QED) is 0.654. The fraction of sp³-hybridized carbons (Fsp3) is 0.833. The molecule has 1 saturated heterocycles. The van der Waals surface area contributed by atoms with Gasteiger partial charge in [-0.2, -0.15) is 0 Å². The highest BCUT2D eigenvalue weighted by atomic mass is 16.5. The number of ether oxygens (including phenoxy) is 1. The van der Waals surface area contributed by atoms with Crippen molar-refractivity contribution >= 4 is 11.8 Å². The third-order valence-electron chi connectivity index (χ3n) is 2.77. The second-order valence-corrected chi connectivity index (χ2v) is 4.91. The monoisotopic (exact) mass is 257 g/mol. The number of carbonyl (C=O) groups excluding carboxylic acids is 2. The molecule has 6 nitrogen and oxygen atoms in total. The van der Waals surface area contributed by atoms with E-state index in [0.717, 1.165) is 0 Å². The smallest absolute Gasteiger partial charge is 0.241 e. The van der Waals surface area contributed by atoms with E-state index in [9.17, 15) is 9.59 Å². The zero-order chi connectivity index (χ0) is 13.5. The minimum atomic E-state index is -0.321. The summed E-state index contributed by atoms with van der Waals surface area (Å²) in [6.45, 7) is 6.52. The predicted molar refractivity (Wildman–Crippen MR) is 68.1 cm³/mol. The molecule has 0 radical (unpaired) electrons. The van der Waals surface area contributed by atoms with Gasteiger partial charge in [-0.3, -0.25) is 14.9 Å². The molecular formula is C12H23N3O3. The fourth-order valence-electron chi connectivity index (χ4n) is 1.90. The highest BCUT2D eigenvalue weighted by molar-refractivity contribution is 5.86. The van der Waals surface area contributed by atoms with Gasteiger partial charge in [-0.05, 0) is 5.92 Å². The van der Waals surface area contributed by atoms with Gasteiger partial charge < -0.3 is 15.0 Å². The molecule has 6 heteroatoms. The summed E-state index contributed by atoms with van der Waals surface area (Å²) in [7, 11) is 1.62. The van der Waals surface area contributed by atoms with Crippen molar-refractivity contribution in [3.63, 3.8) is 0 Å². The number of nitrogens with one attached hydrogen (secondary N) is 2. The molecule has 2 N–H and O–H groups in total. The van der Waals surface area contributed by atoms with Gasteiger partial charge in [0.2, 0.25) is 11.8 Å². The van der Waals surface area contributed by atoms with Gasteiger partial charge in [0.1, 0.15) is 6.04 Å². The number of methoxy groups -OCH3 is 1. The lowest BCUT2D eigenvalue weighted by atomic mass is 10.1. The van der Waals surface area contributed by atoms with Gasteiger partial charge in [0, 0.05) is 26.7 Å². The Kier molecular flexibility index (Phi) is 6.07. The molecule has 1 fully saturated rings. The average molecular weight is 257 g/mol. The van der Waals surface area contributed by atoms with Crippen LogP contribution in [0.25, 0.3) is 0 Å². The number of rotatable bonds is 6. The second-order valence-electron chi connectivity index (χ2n) is 4.91. The summed E-state index contributed by atoms with van der Waals surface area (Å²) in [5, 5.41) is 5.65. The first-order valence-electron chi connectivity index (χ1n) is 6.32. The molecule has 1 rings (SSSR count). The molecule has 1 aliphatic heterocycles. The molecule has 0 aromatic rings. The molecule has 2 amide bonds. The predicted octanol–water partition coefficient (Wildman–Crippen LogP) is -0.795. The molecule has 0 spiro atoms. The van der Waals surface area contributed by atoms with Crippen molar-refractivity contribution in [2.45, 2.75) is 19.9 Å². The molecule has 0 aromatic carbocycles. The van der Waals surface area contributed by atoms with Crippen molar-refractivity contribution in [3.8, 4) is 0 Å². The van der Waals surface area contributed by atoms with E-state index in [1.807, 2.05) is 0 Å². The summed E-state index contributed by atoms with van der Waals surface area (Å²) >= 11 is 0. The van der Waals surface area contributed by atoms with Gasteiger partial charge in [0.15, 0.2) is 0 Å². The number of nitrogens with zero attached hydrogens (tertiary/aromatic N) is 1. The summed E-state index contributed by atoms with van der Waals surface area (Å²) in [6, 6.07) is -0.321. The van der Waals surface area contributed by atoms with Crippen LogP contribution in [0.5, 0.6) is 0 Å². The van der Waals surface area contributed by atoms with Crippen molar-refractivity contribution in [1.29, 1.82) is 0 Å². The van der Waals surface area contributed by atoms with Crippen molar-refractivity contribution < 1.29 is 14.3 Å². The molecule has 1 unspecified atom stereocenters. The second kappa shape index (κ2) is 7.33. The number of carbonyl (C=O) groups is 2. The Labute approximate surface area is 108 Å². The first-order valence-corrected chi connectivity index (χ1v) is 6.32. The summed E-state index contributed by atoms with van der Waals surface area (Å²) in [4.78, 5) is 25.1. The summed E-state index contributed by atoms with van der Waals surface area (Å²) < 4.78 is 5.02. The van der Waals surface area contributed by atoms with E-state index in [0.29, 0.717) is 32.2 Å². The lowest BCUT2D eigenvalue weighted by molar-refractivity contribution is -0.136. The Balaban J connectivity index is 2.54. The van der Waals surface area contributed by atoms with Crippen LogP contribution in [0.2, 0.25) is 0 Å². The van der Waals surface area contributed by atoms with Crippen molar-refractivity contribution in [1.82, 2.24) is 15.5 Å². The Bertz CT molecular complexity index is 284. The SMILES string of the molecule is COCCN(CC(C)C)C(=O)C1CNC(=O)CN1. The van der Waals surface area contributed by atoms with Crippen LogP contribution in [0, 0.1) is 5.92 Å². The molecule has 1 atom stereocenters. The molecule has 0 aliphatic carbocycles. The van der Waals surface area contributed by atoms with Gasteiger partial charge in [-0.25, -0.2) is 0 Å². The number of amides is 2. The lowest BCUT2D eigenvalue weighted by Gasteiger charge is -2.31. The van der Waals surface area contributed by atoms with Crippen LogP contribution in [0.1, 0.15) is 13.8 Å². The Morgan fingerprint density at radius 3 is 2.78 bits per heavy atom. The molecule has 0 saturated carbocycles. The van der Waals surface area contributed by atoms with Crippen LogP contribution in [-0.2, 0) is 14.3 Å². The van der Waals surface area contributed by atoms with Crippen LogP contribution in [0.15, 0.2) is 0 Å². The van der Waals surface area contributed by atoms with E-state index in [4.69, 9.17) is 4.74 Å². The maximum atomic E-state index is 12.3. The van der Waals surface area contributed by atoms with E-state index >= 15 is 0 Å². The van der Waals surface area contributed by atoms with Gasteiger partial charge in [0.05, 0.1) is 13.2 Å². The van der Waals surface area contributed by atoms with E-state index in [1.54, 1.807) is 12.0 Å². The lowest BCUT2D eigenvalue weighted by Crippen LogP contribution is -2.59. The maximum Gasteiger partial charge on any atom is 0.241 e. The first kappa shape index (κ1) is 14.9. The highest BCUT2D eigenvalue weighted by Crippen LogP contribution is 2.03. The standard InChI is InChI=1S/C12H23N3O3/c1-9(2)8-15(4-5-18-3)12(17)10-6-14-11(16)7-13-10/h9-10,13H,4-8H2,1-3H3,(H,14,16). The molecule has 1 heterocycles. The maximum absolute atomic E-state index is 12.3. The van der Waals surface area contributed by atoms with E-state index in [1.165, 1.54) is 0 Å². The molecular weight excluding hydrogens is 234 g/mol. The van der Waals surface area contributed by atoms with Crippen LogP contribution in [0.3, 0.4) is 0 Å². The van der Waals surface area contributed by atoms with Gasteiger partial charge in [-0.1, -0.05) is 13.8 Å². The Hall–Kier alpha value is -1.14. The highest BCUT2D eigenvalue weighted by Gasteiger charge is 2.27. The Morgan fingerprint density at radius 2 is 2.28 bits per heavy atom. The molecule has 104 valence electrons. The largest absolute Gasteiger partial charge is 0.383 e. The topological polar surface area (TPSA) is 70.7 Å². The zero-order valence-electron chi connectivity index (χ0n) is 11.4. The van der Waals surface area contributed by atoms with Crippen molar-refractivity contribution in [2.24, 2.45) is 5.92 Å². The van der Waals surface area contributed by atoms with Crippen LogP contribution in [-0.4, -0.2) is 62.7 Å². The third-order valence-corrected chi connectivity index (χ3v) is 2.77. The summed E-state index contributed by atoms with van der Waals surface area (Å²) in [5.41, 5.74) is 0. The number of hydrogen-bond acceptors (Lipinski definition) is 4. The molecule has 0 bridgehead atoms. The van der Waals surface area contributed by atoms with Gasteiger partial charge in [0.25, 0.3) is 0 Å². The van der Waals surface area contributed by atoms with Crippen molar-refractivity contribution in [2.75, 3.05) is 39.9 Å². The zero-order valence-corrected chi connectivity index (χ0v) is 11.4. The van der Waals surface area contributed by atoms with Crippen molar-refractivity contribution in [3.05, 3.63) is 0 Å². The third kappa shape index (κ3) is 4.62. The van der Waals surface area contributed by atoms with Crippen LogP contribution < -0.4 is 10.6 Å². The first-order chi connectivity index (χ1) is 8.54. The van der Waals surface area contributed by atoms with E-state index < -0.39 is 0 Å². The van der Waals surface area contributed by atoms with Gasteiger partial charge >= 0.3 is 0 Å². The summed E-state index contributed by atoms with van der Waals surface area (Å²) in [6.07, 6.45) is 0. The van der Waals surface area contributed by atoms with Gasteiger partial charge in [-0.15, -0.1) is 0 Å². The Morgan fingerprint density at radius 1 is 1.56 bits per heavy atom. The van der Waals surface area contributed by atoms with Crippen LogP contribution in [0.4, 0.5) is 0 Å². The average Bonchev–Trinajstić information content (AvgIpc) is 2.34. The minimum Gasteiger partial charge on any atom is -0.383 e. The fourth-order valence-corrected chi connectivity index (χ4v) is 1.90. The minimum absolute atomic E-state index is 0.0285. The molecule has 1 aliphatic rings. The van der Waals surface area contributed by atoms with E-state index in [-0.39, 0.29) is 24.4 Å². The molecule has 18 heavy (non-hydrogen) atoms. The number of piperazine rings is 1. The molecule has 0 aromatic heterocycles. The summed E-state index contributed by atoms with van der Waals surface area (Å²) in [5.74, 6) is 0.371. The van der Waals surface area contributed by atoms with Crippen LogP contribution >= 0.6 is 0 Å².